The van der Waals surface area contributed by atoms with E-state index in [4.69, 9.17) is 16.7 Å². The second-order valence-electron chi connectivity index (χ2n) is 2.87. The molecular formula is C8H13ClN4O. The Bertz CT molecular complexity index is 305. The molecule has 0 bridgehead atoms. The molecule has 0 saturated heterocycles. The summed E-state index contributed by atoms with van der Waals surface area (Å²) < 4.78 is 0. The van der Waals surface area contributed by atoms with Crippen molar-refractivity contribution in [2.45, 2.75) is 13.0 Å². The lowest BCUT2D eigenvalue weighted by Crippen LogP contribution is -2.16. The van der Waals surface area contributed by atoms with Crippen molar-refractivity contribution in [2.75, 3.05) is 24.2 Å². The monoisotopic (exact) mass is 216 g/mol. The molecule has 1 aromatic rings. The van der Waals surface area contributed by atoms with Crippen molar-refractivity contribution < 1.29 is 5.11 Å². The zero-order valence-corrected chi connectivity index (χ0v) is 8.84. The fraction of sp³-hybridized carbons (Fsp3) is 0.500. The van der Waals surface area contributed by atoms with E-state index in [2.05, 4.69) is 20.6 Å². The number of nitrogens with zero attached hydrogens (tertiary/aromatic N) is 2. The van der Waals surface area contributed by atoms with E-state index in [1.165, 1.54) is 6.20 Å². The van der Waals surface area contributed by atoms with Crippen LogP contribution in [0.3, 0.4) is 0 Å². The van der Waals surface area contributed by atoms with Gasteiger partial charge in [-0.15, -0.1) is 0 Å². The van der Waals surface area contributed by atoms with E-state index < -0.39 is 6.10 Å². The van der Waals surface area contributed by atoms with Gasteiger partial charge in [-0.05, 0) is 6.92 Å². The highest BCUT2D eigenvalue weighted by Crippen LogP contribution is 2.18. The van der Waals surface area contributed by atoms with Crippen molar-refractivity contribution in [1.29, 1.82) is 0 Å². The number of aliphatic hydroxyl groups is 1. The summed E-state index contributed by atoms with van der Waals surface area (Å²) in [7, 11) is 1.72. The number of hydrogen-bond donors (Lipinski definition) is 3. The zero-order valence-electron chi connectivity index (χ0n) is 8.08. The number of halogens is 1. The quantitative estimate of drug-likeness (QED) is 0.700. The lowest BCUT2D eigenvalue weighted by Gasteiger charge is -2.09. The van der Waals surface area contributed by atoms with E-state index in [-0.39, 0.29) is 0 Å². The molecular weight excluding hydrogens is 204 g/mol. The highest BCUT2D eigenvalue weighted by atomic mass is 35.5. The molecule has 1 rings (SSSR count). The maximum Gasteiger partial charge on any atom is 0.224 e. The first kappa shape index (κ1) is 11.0. The number of anilines is 2. The van der Waals surface area contributed by atoms with E-state index in [1.54, 1.807) is 14.0 Å². The third-order valence-corrected chi connectivity index (χ3v) is 1.81. The Balaban J connectivity index is 2.73. The molecule has 78 valence electrons. The summed E-state index contributed by atoms with van der Waals surface area (Å²) in [5.74, 6) is 1.01. The lowest BCUT2D eigenvalue weighted by molar-refractivity contribution is 0.208. The second-order valence-corrected chi connectivity index (χ2v) is 3.28. The van der Waals surface area contributed by atoms with Gasteiger partial charge in [-0.1, -0.05) is 11.6 Å². The van der Waals surface area contributed by atoms with E-state index in [9.17, 15) is 0 Å². The summed E-state index contributed by atoms with van der Waals surface area (Å²) in [5, 5.41) is 15.2. The summed E-state index contributed by atoms with van der Waals surface area (Å²) in [5.41, 5.74) is 0. The summed E-state index contributed by atoms with van der Waals surface area (Å²) in [6, 6.07) is 0. The summed E-state index contributed by atoms with van der Waals surface area (Å²) in [4.78, 5) is 8.01. The Labute approximate surface area is 87.5 Å². The van der Waals surface area contributed by atoms with Crippen LogP contribution in [0.2, 0.25) is 5.02 Å². The third kappa shape index (κ3) is 3.01. The third-order valence-electron chi connectivity index (χ3n) is 1.53. The molecule has 0 radical (unpaired) electrons. The molecule has 0 amide bonds. The first-order valence-electron chi connectivity index (χ1n) is 4.25. The van der Waals surface area contributed by atoms with E-state index in [0.29, 0.717) is 23.3 Å². The van der Waals surface area contributed by atoms with Crippen LogP contribution in [-0.4, -0.2) is 34.8 Å². The van der Waals surface area contributed by atoms with Crippen molar-refractivity contribution in [3.63, 3.8) is 0 Å². The highest BCUT2D eigenvalue weighted by Gasteiger charge is 2.04. The van der Waals surface area contributed by atoms with Crippen LogP contribution in [0.25, 0.3) is 0 Å². The van der Waals surface area contributed by atoms with Crippen molar-refractivity contribution in [3.05, 3.63) is 11.2 Å². The number of rotatable bonds is 4. The summed E-state index contributed by atoms with van der Waals surface area (Å²) in [6.07, 6.45) is 1.06. The molecule has 1 atom stereocenters. The molecule has 0 aliphatic carbocycles. The van der Waals surface area contributed by atoms with Gasteiger partial charge in [-0.3, -0.25) is 0 Å². The molecule has 1 heterocycles. The van der Waals surface area contributed by atoms with Crippen molar-refractivity contribution in [3.8, 4) is 0 Å². The van der Waals surface area contributed by atoms with E-state index in [1.807, 2.05) is 0 Å². The van der Waals surface area contributed by atoms with E-state index >= 15 is 0 Å². The van der Waals surface area contributed by atoms with Crippen LogP contribution in [0.4, 0.5) is 11.8 Å². The fourth-order valence-electron chi connectivity index (χ4n) is 0.856. The van der Waals surface area contributed by atoms with Gasteiger partial charge in [0.2, 0.25) is 5.95 Å². The van der Waals surface area contributed by atoms with Gasteiger partial charge in [0.25, 0.3) is 0 Å². The molecule has 0 aromatic carbocycles. The number of aromatic nitrogens is 2. The molecule has 6 heteroatoms. The zero-order chi connectivity index (χ0) is 10.6. The molecule has 5 nitrogen and oxygen atoms in total. The Morgan fingerprint density at radius 3 is 2.93 bits per heavy atom. The first-order valence-corrected chi connectivity index (χ1v) is 4.63. The average Bonchev–Trinajstić information content (AvgIpc) is 2.16. The first-order chi connectivity index (χ1) is 6.63. The van der Waals surface area contributed by atoms with Gasteiger partial charge in [0.05, 0.1) is 12.3 Å². The van der Waals surface area contributed by atoms with Gasteiger partial charge in [0, 0.05) is 13.6 Å². The summed E-state index contributed by atoms with van der Waals surface area (Å²) in [6.45, 7) is 2.08. The number of hydrogen-bond acceptors (Lipinski definition) is 5. The predicted octanol–water partition coefficient (Wildman–Crippen LogP) is 0.964. The lowest BCUT2D eigenvalue weighted by atomic mass is 10.4. The standard InChI is InChI=1S/C8H13ClN4O/c1-5(14)3-11-7-6(9)4-12-8(10-2)13-7/h4-5,14H,3H2,1-2H3,(H2,10,11,12,13). The minimum atomic E-state index is -0.445. The molecule has 0 saturated carbocycles. The Hall–Kier alpha value is -1.07. The van der Waals surface area contributed by atoms with Crippen LogP contribution >= 0.6 is 11.6 Å². The molecule has 3 N–H and O–H groups in total. The number of aliphatic hydroxyl groups excluding tert-OH is 1. The van der Waals surface area contributed by atoms with Crippen molar-refractivity contribution >= 4 is 23.4 Å². The maximum atomic E-state index is 9.07. The molecule has 0 spiro atoms. The van der Waals surface area contributed by atoms with Crippen LogP contribution in [0.5, 0.6) is 0 Å². The molecule has 0 aliphatic rings. The van der Waals surface area contributed by atoms with Crippen molar-refractivity contribution in [2.24, 2.45) is 0 Å². The Morgan fingerprint density at radius 2 is 2.36 bits per heavy atom. The van der Waals surface area contributed by atoms with Crippen LogP contribution in [-0.2, 0) is 0 Å². The van der Waals surface area contributed by atoms with E-state index in [0.717, 1.165) is 0 Å². The fourth-order valence-corrected chi connectivity index (χ4v) is 1.01. The molecule has 0 aliphatic heterocycles. The minimum absolute atomic E-state index is 0.403. The second kappa shape index (κ2) is 4.97. The van der Waals surface area contributed by atoms with Crippen LogP contribution < -0.4 is 10.6 Å². The van der Waals surface area contributed by atoms with Crippen LogP contribution in [0, 0.1) is 0 Å². The van der Waals surface area contributed by atoms with Crippen molar-refractivity contribution in [1.82, 2.24) is 9.97 Å². The number of nitrogens with one attached hydrogen (secondary N) is 2. The van der Waals surface area contributed by atoms with Gasteiger partial charge >= 0.3 is 0 Å². The van der Waals surface area contributed by atoms with Gasteiger partial charge < -0.3 is 15.7 Å². The molecule has 0 fully saturated rings. The Kier molecular flexibility index (Phi) is 3.91. The molecule has 14 heavy (non-hydrogen) atoms. The summed E-state index contributed by atoms with van der Waals surface area (Å²) >= 11 is 5.84. The predicted molar refractivity (Wildman–Crippen MR) is 56.8 cm³/mol. The average molecular weight is 217 g/mol. The Morgan fingerprint density at radius 1 is 1.64 bits per heavy atom. The SMILES string of the molecule is CNc1ncc(Cl)c(NCC(C)O)n1. The minimum Gasteiger partial charge on any atom is -0.392 e. The van der Waals surface area contributed by atoms with Crippen LogP contribution in [0.15, 0.2) is 6.20 Å². The smallest absolute Gasteiger partial charge is 0.224 e. The highest BCUT2D eigenvalue weighted by molar-refractivity contribution is 6.32. The van der Waals surface area contributed by atoms with Gasteiger partial charge in [-0.2, -0.15) is 4.98 Å². The molecule has 1 unspecified atom stereocenters. The maximum absolute atomic E-state index is 9.07. The van der Waals surface area contributed by atoms with Gasteiger partial charge in [0.1, 0.15) is 5.02 Å². The van der Waals surface area contributed by atoms with Crippen LogP contribution in [0.1, 0.15) is 6.92 Å². The topological polar surface area (TPSA) is 70.1 Å². The largest absolute Gasteiger partial charge is 0.392 e. The molecule has 1 aromatic heterocycles. The van der Waals surface area contributed by atoms with Gasteiger partial charge in [0.15, 0.2) is 5.82 Å². The van der Waals surface area contributed by atoms with Gasteiger partial charge in [-0.25, -0.2) is 4.98 Å². The normalized spacial score (nSPS) is 12.3.